The predicted octanol–water partition coefficient (Wildman–Crippen LogP) is 2.50. The molecule has 110 valence electrons. The Morgan fingerprint density at radius 2 is 2.35 bits per heavy atom. The standard InChI is InChI=1S/C14H22N4O2/c1-2-3-11-6-7-17(9-11)10-12-4-5-14(18(19)20)13(8-12)16-15/h4-5,8,11,16H,2-3,6-7,9-10,15H2,1H3. The van der Waals surface area contributed by atoms with Crippen molar-refractivity contribution < 1.29 is 4.92 Å². The van der Waals surface area contributed by atoms with Gasteiger partial charge in [-0.1, -0.05) is 19.4 Å². The van der Waals surface area contributed by atoms with Crippen molar-refractivity contribution in [1.82, 2.24) is 4.90 Å². The molecule has 0 saturated carbocycles. The number of nitro benzene ring substituents is 1. The van der Waals surface area contributed by atoms with Crippen molar-refractivity contribution in [3.8, 4) is 0 Å². The molecule has 0 aliphatic carbocycles. The molecule has 0 aromatic heterocycles. The van der Waals surface area contributed by atoms with E-state index >= 15 is 0 Å². The van der Waals surface area contributed by atoms with Gasteiger partial charge in [0.2, 0.25) is 0 Å². The van der Waals surface area contributed by atoms with Crippen molar-refractivity contribution in [3.05, 3.63) is 33.9 Å². The number of rotatable bonds is 6. The number of nitro groups is 1. The van der Waals surface area contributed by atoms with Crippen LogP contribution in [0.3, 0.4) is 0 Å². The number of nitrogen functional groups attached to an aromatic ring is 1. The van der Waals surface area contributed by atoms with Crippen LogP contribution in [0, 0.1) is 16.0 Å². The molecule has 0 spiro atoms. The quantitative estimate of drug-likeness (QED) is 0.474. The molecule has 1 aliphatic heterocycles. The fraction of sp³-hybridized carbons (Fsp3) is 0.571. The molecule has 0 radical (unpaired) electrons. The highest BCUT2D eigenvalue weighted by molar-refractivity contribution is 5.62. The molecule has 1 unspecified atom stereocenters. The second-order valence-corrected chi connectivity index (χ2v) is 5.43. The highest BCUT2D eigenvalue weighted by Gasteiger charge is 2.22. The fourth-order valence-corrected chi connectivity index (χ4v) is 2.91. The zero-order valence-corrected chi connectivity index (χ0v) is 11.8. The zero-order chi connectivity index (χ0) is 14.5. The van der Waals surface area contributed by atoms with Crippen LogP contribution in [0.5, 0.6) is 0 Å². The van der Waals surface area contributed by atoms with Crippen LogP contribution in [-0.4, -0.2) is 22.9 Å². The molecule has 3 N–H and O–H groups in total. The first-order valence-corrected chi connectivity index (χ1v) is 7.10. The van der Waals surface area contributed by atoms with Gasteiger partial charge in [0.1, 0.15) is 5.69 Å². The first kappa shape index (κ1) is 14.7. The lowest BCUT2D eigenvalue weighted by molar-refractivity contribution is -0.384. The van der Waals surface area contributed by atoms with Gasteiger partial charge in [-0.25, -0.2) is 0 Å². The molecule has 20 heavy (non-hydrogen) atoms. The molecular weight excluding hydrogens is 256 g/mol. The van der Waals surface area contributed by atoms with Crippen molar-refractivity contribution in [2.75, 3.05) is 18.5 Å². The van der Waals surface area contributed by atoms with Crippen LogP contribution in [0.15, 0.2) is 18.2 Å². The number of nitrogens with zero attached hydrogens (tertiary/aromatic N) is 2. The SMILES string of the molecule is CCCC1CCN(Cc2ccc([N+](=O)[O-])c(NN)c2)C1. The molecule has 2 rings (SSSR count). The predicted molar refractivity (Wildman–Crippen MR) is 79.2 cm³/mol. The summed E-state index contributed by atoms with van der Waals surface area (Å²) in [6, 6.07) is 5.10. The number of nitrogens with one attached hydrogen (secondary N) is 1. The van der Waals surface area contributed by atoms with E-state index in [1.165, 1.54) is 25.3 Å². The third kappa shape index (κ3) is 3.46. The number of nitrogens with two attached hydrogens (primary N) is 1. The van der Waals surface area contributed by atoms with E-state index in [1.807, 2.05) is 6.07 Å². The smallest absolute Gasteiger partial charge is 0.293 e. The van der Waals surface area contributed by atoms with Crippen LogP contribution in [0.25, 0.3) is 0 Å². The number of hydrogen-bond acceptors (Lipinski definition) is 5. The van der Waals surface area contributed by atoms with E-state index in [9.17, 15) is 10.1 Å². The number of benzene rings is 1. The molecule has 1 heterocycles. The summed E-state index contributed by atoms with van der Waals surface area (Å²) in [7, 11) is 0. The normalized spacial score (nSPS) is 19.2. The van der Waals surface area contributed by atoms with E-state index in [0.717, 1.165) is 31.1 Å². The van der Waals surface area contributed by atoms with Crippen LogP contribution < -0.4 is 11.3 Å². The van der Waals surface area contributed by atoms with Crippen LogP contribution in [0.1, 0.15) is 31.7 Å². The van der Waals surface area contributed by atoms with Crippen molar-refractivity contribution in [3.63, 3.8) is 0 Å². The molecule has 1 atom stereocenters. The Morgan fingerprint density at radius 3 is 3.00 bits per heavy atom. The van der Waals surface area contributed by atoms with Crippen LogP contribution in [-0.2, 0) is 6.54 Å². The highest BCUT2D eigenvalue weighted by atomic mass is 16.6. The lowest BCUT2D eigenvalue weighted by atomic mass is 10.0. The summed E-state index contributed by atoms with van der Waals surface area (Å²) in [5.74, 6) is 6.16. The summed E-state index contributed by atoms with van der Waals surface area (Å²) in [6.07, 6.45) is 3.77. The maximum absolute atomic E-state index is 10.9. The van der Waals surface area contributed by atoms with Crippen LogP contribution in [0.4, 0.5) is 11.4 Å². The minimum atomic E-state index is -0.424. The van der Waals surface area contributed by atoms with Gasteiger partial charge in [0.05, 0.1) is 4.92 Å². The first-order valence-electron chi connectivity index (χ1n) is 7.10. The Kier molecular flexibility index (Phi) is 4.92. The molecule has 1 aromatic rings. The average Bonchev–Trinajstić information content (AvgIpc) is 2.86. The lowest BCUT2D eigenvalue weighted by Gasteiger charge is -2.16. The number of likely N-dealkylation sites (tertiary alicyclic amines) is 1. The fourth-order valence-electron chi connectivity index (χ4n) is 2.91. The largest absolute Gasteiger partial charge is 0.318 e. The molecule has 6 nitrogen and oxygen atoms in total. The summed E-state index contributed by atoms with van der Waals surface area (Å²) >= 11 is 0. The summed E-state index contributed by atoms with van der Waals surface area (Å²) in [6.45, 7) is 5.27. The number of hydrogen-bond donors (Lipinski definition) is 2. The minimum Gasteiger partial charge on any atom is -0.318 e. The van der Waals surface area contributed by atoms with Crippen LogP contribution in [0.2, 0.25) is 0 Å². The summed E-state index contributed by atoms with van der Waals surface area (Å²) < 4.78 is 0. The maximum Gasteiger partial charge on any atom is 0.293 e. The number of anilines is 1. The Bertz CT molecular complexity index is 478. The van der Waals surface area contributed by atoms with E-state index in [-0.39, 0.29) is 5.69 Å². The van der Waals surface area contributed by atoms with Gasteiger partial charge < -0.3 is 5.43 Å². The van der Waals surface area contributed by atoms with E-state index in [0.29, 0.717) is 5.69 Å². The molecule has 0 bridgehead atoms. The van der Waals surface area contributed by atoms with Gasteiger partial charge in [0, 0.05) is 19.2 Å². The third-order valence-corrected chi connectivity index (χ3v) is 3.89. The van der Waals surface area contributed by atoms with Gasteiger partial charge in [-0.05, 0) is 36.9 Å². The second-order valence-electron chi connectivity index (χ2n) is 5.43. The zero-order valence-electron chi connectivity index (χ0n) is 11.8. The first-order chi connectivity index (χ1) is 9.63. The third-order valence-electron chi connectivity index (χ3n) is 3.89. The molecule has 1 fully saturated rings. The second kappa shape index (κ2) is 6.67. The van der Waals surface area contributed by atoms with Gasteiger partial charge in [-0.15, -0.1) is 0 Å². The summed E-state index contributed by atoms with van der Waals surface area (Å²) in [4.78, 5) is 12.8. The van der Waals surface area contributed by atoms with Gasteiger partial charge in [0.25, 0.3) is 5.69 Å². The van der Waals surface area contributed by atoms with Gasteiger partial charge in [-0.3, -0.25) is 20.9 Å². The molecule has 6 heteroatoms. The number of hydrazine groups is 1. The van der Waals surface area contributed by atoms with Crippen molar-refractivity contribution in [2.24, 2.45) is 11.8 Å². The highest BCUT2D eigenvalue weighted by Crippen LogP contribution is 2.27. The maximum atomic E-state index is 10.9. The average molecular weight is 278 g/mol. The minimum absolute atomic E-state index is 0.0153. The summed E-state index contributed by atoms with van der Waals surface area (Å²) in [5, 5.41) is 10.9. The molecule has 1 saturated heterocycles. The van der Waals surface area contributed by atoms with Crippen molar-refractivity contribution in [1.29, 1.82) is 0 Å². The molecule has 1 aromatic carbocycles. The lowest BCUT2D eigenvalue weighted by Crippen LogP contribution is -2.20. The van der Waals surface area contributed by atoms with Crippen LogP contribution >= 0.6 is 0 Å². The van der Waals surface area contributed by atoms with E-state index in [4.69, 9.17) is 5.84 Å². The van der Waals surface area contributed by atoms with Crippen molar-refractivity contribution >= 4 is 11.4 Å². The Balaban J connectivity index is 2.02. The summed E-state index contributed by atoms with van der Waals surface area (Å²) in [5.41, 5.74) is 3.85. The van der Waals surface area contributed by atoms with Gasteiger partial charge in [-0.2, -0.15) is 0 Å². The molecular formula is C14H22N4O2. The van der Waals surface area contributed by atoms with E-state index < -0.39 is 4.92 Å². The Hall–Kier alpha value is -1.66. The monoisotopic (exact) mass is 278 g/mol. The van der Waals surface area contributed by atoms with E-state index in [2.05, 4.69) is 17.2 Å². The van der Waals surface area contributed by atoms with Gasteiger partial charge in [0.15, 0.2) is 0 Å². The van der Waals surface area contributed by atoms with E-state index in [1.54, 1.807) is 6.07 Å². The van der Waals surface area contributed by atoms with Gasteiger partial charge >= 0.3 is 0 Å². The Morgan fingerprint density at radius 1 is 1.55 bits per heavy atom. The molecule has 1 aliphatic rings. The topological polar surface area (TPSA) is 84.4 Å². The Labute approximate surface area is 119 Å². The molecule has 0 amide bonds. The van der Waals surface area contributed by atoms with Crippen molar-refractivity contribution in [2.45, 2.75) is 32.7 Å².